The van der Waals surface area contributed by atoms with Crippen molar-refractivity contribution >= 4 is 19.3 Å². The monoisotopic (exact) mass is 164 g/mol. The molecule has 0 aliphatic heterocycles. The molecule has 0 saturated carbocycles. The Hall–Kier alpha value is -1.45. The van der Waals surface area contributed by atoms with Crippen molar-refractivity contribution in [3.8, 4) is 5.75 Å². The van der Waals surface area contributed by atoms with E-state index in [1.165, 1.54) is 13.2 Å². The van der Waals surface area contributed by atoms with Gasteiger partial charge < -0.3 is 9.84 Å². The van der Waals surface area contributed by atoms with Crippen molar-refractivity contribution in [3.05, 3.63) is 23.8 Å². The molecule has 0 bridgehead atoms. The lowest BCUT2D eigenvalue weighted by Gasteiger charge is -2.01. The highest BCUT2D eigenvalue weighted by Crippen LogP contribution is 2.09. The van der Waals surface area contributed by atoms with Crippen LogP contribution in [0.15, 0.2) is 18.2 Å². The Bertz CT molecular complexity index is 289. The van der Waals surface area contributed by atoms with E-state index in [1.807, 2.05) is 0 Å². The smallest absolute Gasteiger partial charge is 0.337 e. The van der Waals surface area contributed by atoms with Crippen molar-refractivity contribution in [2.24, 2.45) is 0 Å². The number of hydrogen-bond acceptors (Lipinski definition) is 3. The molecule has 3 nitrogen and oxygen atoms in total. The minimum absolute atomic E-state index is 0.0791. The molecule has 0 saturated heterocycles. The fourth-order valence-corrected chi connectivity index (χ4v) is 0.999. The highest BCUT2D eigenvalue weighted by Gasteiger charge is 2.05. The minimum atomic E-state index is -0.436. The van der Waals surface area contributed by atoms with Gasteiger partial charge in [-0.15, -0.1) is 0 Å². The van der Waals surface area contributed by atoms with Crippen molar-refractivity contribution in [1.82, 2.24) is 0 Å². The van der Waals surface area contributed by atoms with E-state index < -0.39 is 5.97 Å². The SMILES string of the molecule is Bc1cc(O)cc(C(=O)OC)c1. The fraction of sp³-hybridized carbons (Fsp3) is 0.125. The largest absolute Gasteiger partial charge is 0.508 e. The molecule has 0 amide bonds. The van der Waals surface area contributed by atoms with Crippen LogP contribution in [0.1, 0.15) is 10.4 Å². The van der Waals surface area contributed by atoms with Crippen LogP contribution in [0.4, 0.5) is 0 Å². The summed E-state index contributed by atoms with van der Waals surface area (Å²) in [6.45, 7) is 0. The standard InChI is InChI=1S/C8H9BO3/c1-12-8(11)5-2-6(9)4-7(10)3-5/h2-4,10H,9H2,1H3. The van der Waals surface area contributed by atoms with Crippen LogP contribution in [0, 0.1) is 0 Å². The van der Waals surface area contributed by atoms with E-state index >= 15 is 0 Å². The third kappa shape index (κ3) is 1.78. The lowest BCUT2D eigenvalue weighted by Crippen LogP contribution is -2.08. The average Bonchev–Trinajstić information content (AvgIpc) is 2.01. The number of hydrogen-bond donors (Lipinski definition) is 1. The zero-order valence-electron chi connectivity index (χ0n) is 7.00. The number of methoxy groups -OCH3 is 1. The normalized spacial score (nSPS) is 9.42. The second-order valence-corrected chi connectivity index (χ2v) is 2.55. The average molecular weight is 164 g/mol. The summed E-state index contributed by atoms with van der Waals surface area (Å²) in [5.41, 5.74) is 1.20. The third-order valence-electron chi connectivity index (χ3n) is 1.48. The summed E-state index contributed by atoms with van der Waals surface area (Å²) in [7, 11) is 3.11. The maximum atomic E-state index is 11.0. The lowest BCUT2D eigenvalue weighted by atomic mass is 9.94. The maximum absolute atomic E-state index is 11.0. The third-order valence-corrected chi connectivity index (χ3v) is 1.48. The van der Waals surface area contributed by atoms with Crippen LogP contribution in [0.25, 0.3) is 0 Å². The number of carbonyl (C=O) groups excluding carboxylic acids is 1. The fourth-order valence-electron chi connectivity index (χ4n) is 0.999. The first kappa shape index (κ1) is 8.65. The van der Waals surface area contributed by atoms with Crippen molar-refractivity contribution in [1.29, 1.82) is 0 Å². The highest BCUT2D eigenvalue weighted by molar-refractivity contribution is 6.32. The molecule has 0 radical (unpaired) electrons. The van der Waals surface area contributed by atoms with E-state index in [0.717, 1.165) is 5.46 Å². The van der Waals surface area contributed by atoms with Crippen LogP contribution in [-0.2, 0) is 4.74 Å². The van der Waals surface area contributed by atoms with Gasteiger partial charge in [0.2, 0.25) is 0 Å². The maximum Gasteiger partial charge on any atom is 0.337 e. The zero-order chi connectivity index (χ0) is 9.14. The molecule has 0 aliphatic carbocycles. The predicted molar refractivity (Wildman–Crippen MR) is 47.6 cm³/mol. The van der Waals surface area contributed by atoms with Crippen molar-refractivity contribution in [2.75, 3.05) is 7.11 Å². The Labute approximate surface area is 71.4 Å². The molecule has 0 spiro atoms. The molecule has 12 heavy (non-hydrogen) atoms. The molecule has 0 aliphatic rings. The van der Waals surface area contributed by atoms with Crippen molar-refractivity contribution in [2.45, 2.75) is 0 Å². The first-order chi connectivity index (χ1) is 5.63. The van der Waals surface area contributed by atoms with E-state index in [9.17, 15) is 4.79 Å². The Balaban J connectivity index is 3.08. The summed E-state index contributed by atoms with van der Waals surface area (Å²) < 4.78 is 4.50. The first-order valence-corrected chi connectivity index (χ1v) is 3.52. The number of aromatic hydroxyl groups is 1. The number of ether oxygens (including phenoxy) is 1. The Morgan fingerprint density at radius 3 is 2.67 bits per heavy atom. The van der Waals surface area contributed by atoms with Crippen LogP contribution in [0.3, 0.4) is 0 Å². The number of carbonyl (C=O) groups is 1. The summed E-state index contributed by atoms with van der Waals surface area (Å²) in [5.74, 6) is -0.357. The summed E-state index contributed by atoms with van der Waals surface area (Å²) in [4.78, 5) is 11.0. The van der Waals surface area contributed by atoms with Gasteiger partial charge in [-0.1, -0.05) is 11.5 Å². The van der Waals surface area contributed by atoms with Gasteiger partial charge in [0.05, 0.1) is 12.7 Å². The van der Waals surface area contributed by atoms with Gasteiger partial charge in [0.25, 0.3) is 0 Å². The summed E-state index contributed by atoms with van der Waals surface area (Å²) in [6.07, 6.45) is 0. The second kappa shape index (κ2) is 3.30. The van der Waals surface area contributed by atoms with E-state index in [1.54, 1.807) is 20.0 Å². The van der Waals surface area contributed by atoms with E-state index in [-0.39, 0.29) is 5.75 Å². The summed E-state index contributed by atoms with van der Waals surface area (Å²) >= 11 is 0. The molecule has 0 atom stereocenters. The Morgan fingerprint density at radius 1 is 1.50 bits per heavy atom. The predicted octanol–water partition coefficient (Wildman–Crippen LogP) is -0.563. The Morgan fingerprint density at radius 2 is 2.17 bits per heavy atom. The Kier molecular flexibility index (Phi) is 2.38. The molecule has 1 aromatic rings. The van der Waals surface area contributed by atoms with Gasteiger partial charge in [-0.2, -0.15) is 0 Å². The molecule has 4 heteroatoms. The van der Waals surface area contributed by atoms with Crippen molar-refractivity contribution < 1.29 is 14.6 Å². The van der Waals surface area contributed by atoms with E-state index in [2.05, 4.69) is 4.74 Å². The molecular formula is C8H9BO3. The van der Waals surface area contributed by atoms with Gasteiger partial charge in [0.15, 0.2) is 0 Å². The first-order valence-electron chi connectivity index (χ1n) is 3.52. The second-order valence-electron chi connectivity index (χ2n) is 2.55. The van der Waals surface area contributed by atoms with E-state index in [4.69, 9.17) is 5.11 Å². The van der Waals surface area contributed by atoms with Crippen LogP contribution in [-0.4, -0.2) is 26.0 Å². The quantitative estimate of drug-likeness (QED) is 0.446. The van der Waals surface area contributed by atoms with Gasteiger partial charge >= 0.3 is 5.97 Å². The molecule has 1 N–H and O–H groups in total. The van der Waals surface area contributed by atoms with Crippen LogP contribution >= 0.6 is 0 Å². The summed E-state index contributed by atoms with van der Waals surface area (Å²) in [5, 5.41) is 9.13. The minimum Gasteiger partial charge on any atom is -0.508 e. The lowest BCUT2D eigenvalue weighted by molar-refractivity contribution is 0.0600. The van der Waals surface area contributed by atoms with Gasteiger partial charge in [-0.05, 0) is 12.1 Å². The molecule has 62 valence electrons. The molecule has 1 aromatic carbocycles. The summed E-state index contributed by atoms with van der Waals surface area (Å²) in [6, 6.07) is 4.61. The van der Waals surface area contributed by atoms with E-state index in [0.29, 0.717) is 5.56 Å². The number of phenolic OH excluding ortho intramolecular Hbond substituents is 1. The molecule has 1 rings (SSSR count). The highest BCUT2D eigenvalue weighted by atomic mass is 16.5. The molecule has 0 unspecified atom stereocenters. The molecule has 0 heterocycles. The van der Waals surface area contributed by atoms with Gasteiger partial charge in [0, 0.05) is 0 Å². The molecular weight excluding hydrogens is 155 g/mol. The number of phenols is 1. The molecule has 0 aromatic heterocycles. The zero-order valence-corrected chi connectivity index (χ0v) is 7.00. The number of esters is 1. The van der Waals surface area contributed by atoms with Crippen LogP contribution < -0.4 is 5.46 Å². The van der Waals surface area contributed by atoms with Crippen LogP contribution in [0.5, 0.6) is 5.75 Å². The topological polar surface area (TPSA) is 46.5 Å². The van der Waals surface area contributed by atoms with Crippen LogP contribution in [0.2, 0.25) is 0 Å². The van der Waals surface area contributed by atoms with Gasteiger partial charge in [0.1, 0.15) is 13.6 Å². The molecule has 0 fully saturated rings. The van der Waals surface area contributed by atoms with Gasteiger partial charge in [-0.3, -0.25) is 0 Å². The number of rotatable bonds is 1. The van der Waals surface area contributed by atoms with Gasteiger partial charge in [-0.25, -0.2) is 4.79 Å². The number of benzene rings is 1. The van der Waals surface area contributed by atoms with Crippen molar-refractivity contribution in [3.63, 3.8) is 0 Å².